The quantitative estimate of drug-likeness (QED) is 0.193. The van der Waals surface area contributed by atoms with Crippen LogP contribution < -0.4 is 0 Å². The van der Waals surface area contributed by atoms with Gasteiger partial charge in [0.25, 0.3) is 0 Å². The van der Waals surface area contributed by atoms with Gasteiger partial charge in [-0.05, 0) is 77.3 Å². The minimum absolute atomic E-state index is 0.0104. The summed E-state index contributed by atoms with van der Waals surface area (Å²) < 4.78 is 1.32. The fraction of sp³-hybridized carbons (Fsp3) is 0.400. The van der Waals surface area contributed by atoms with Crippen LogP contribution in [0.1, 0.15) is 122 Å². The van der Waals surface area contributed by atoms with E-state index in [1.165, 1.54) is 66.7 Å². The molecule has 0 fully saturated rings. The topological polar surface area (TPSA) is 0 Å². The number of rotatable bonds is 6. The van der Waals surface area contributed by atoms with Crippen molar-refractivity contribution < 1.29 is 0 Å². The molecule has 1 aliphatic carbocycles. The average Bonchev–Trinajstić information content (AvgIpc) is 3.51. The van der Waals surface area contributed by atoms with Gasteiger partial charge >= 0.3 is 0 Å². The van der Waals surface area contributed by atoms with Crippen LogP contribution >= 0.6 is 22.9 Å². The number of benzene rings is 3. The molecule has 1 atom stereocenters. The Labute approximate surface area is 266 Å². The Morgan fingerprint density at radius 3 is 2.05 bits per heavy atom. The highest BCUT2D eigenvalue weighted by Crippen LogP contribution is 2.50. The number of thiophene rings is 1. The first-order valence-corrected chi connectivity index (χ1v) is 17.1. The zero-order valence-corrected chi connectivity index (χ0v) is 29.4. The van der Waals surface area contributed by atoms with Gasteiger partial charge in [0.1, 0.15) is 0 Å². The van der Waals surface area contributed by atoms with E-state index < -0.39 is 0 Å². The van der Waals surface area contributed by atoms with Gasteiger partial charge in [-0.2, -0.15) is 0 Å². The van der Waals surface area contributed by atoms with Gasteiger partial charge < -0.3 is 0 Å². The first kappa shape index (κ1) is 35.6. The summed E-state index contributed by atoms with van der Waals surface area (Å²) in [6, 6.07) is 22.7. The zero-order valence-electron chi connectivity index (χ0n) is 27.8. The predicted octanol–water partition coefficient (Wildman–Crippen LogP) is 14.4. The molecule has 42 heavy (non-hydrogen) atoms. The van der Waals surface area contributed by atoms with Gasteiger partial charge in [-0.1, -0.05) is 141 Å². The Balaban J connectivity index is 0.000000612. The molecule has 5 rings (SSSR count). The normalized spacial score (nSPS) is 13.4. The third-order valence-electron chi connectivity index (χ3n) is 7.81. The summed E-state index contributed by atoms with van der Waals surface area (Å²) >= 11 is 8.77. The summed E-state index contributed by atoms with van der Waals surface area (Å²) in [6.07, 6.45) is 8.59. The number of unbranched alkanes of at least 4 members (excludes halogenated alkanes) is 1. The maximum absolute atomic E-state index is 6.86. The average molecular weight is 601 g/mol. The Morgan fingerprint density at radius 2 is 1.45 bits per heavy atom. The molecular weight excluding hydrogens is 548 g/mol. The van der Waals surface area contributed by atoms with Crippen LogP contribution in [-0.2, 0) is 5.41 Å². The largest absolute Gasteiger partial charge is 0.139 e. The van der Waals surface area contributed by atoms with Gasteiger partial charge in [0.15, 0.2) is 0 Å². The molecule has 0 spiro atoms. The maximum atomic E-state index is 6.86. The highest BCUT2D eigenvalue weighted by molar-refractivity contribution is 7.19. The van der Waals surface area contributed by atoms with Crippen molar-refractivity contribution in [2.24, 2.45) is 0 Å². The molecule has 226 valence electrons. The molecule has 0 amide bonds. The lowest BCUT2D eigenvalue weighted by Gasteiger charge is -2.22. The lowest BCUT2D eigenvalue weighted by molar-refractivity contribution is 0.660. The van der Waals surface area contributed by atoms with Crippen LogP contribution in [0.3, 0.4) is 0 Å². The molecule has 0 bridgehead atoms. The first-order chi connectivity index (χ1) is 20.2. The first-order valence-electron chi connectivity index (χ1n) is 15.9. The lowest BCUT2D eigenvalue weighted by Crippen LogP contribution is -2.14. The van der Waals surface area contributed by atoms with E-state index >= 15 is 0 Å². The van der Waals surface area contributed by atoms with Gasteiger partial charge in [0.2, 0.25) is 0 Å². The van der Waals surface area contributed by atoms with Gasteiger partial charge in [-0.25, -0.2) is 0 Å². The monoisotopic (exact) mass is 600 g/mol. The zero-order chi connectivity index (χ0) is 31.4. The molecule has 1 heterocycles. The van der Waals surface area contributed by atoms with Crippen molar-refractivity contribution in [3.05, 3.63) is 101 Å². The van der Waals surface area contributed by atoms with Crippen molar-refractivity contribution in [3.63, 3.8) is 0 Å². The number of allylic oxidation sites excluding steroid dienone is 2. The molecule has 0 radical (unpaired) electrons. The third kappa shape index (κ3) is 7.66. The van der Waals surface area contributed by atoms with E-state index in [1.54, 1.807) is 6.08 Å². The van der Waals surface area contributed by atoms with Gasteiger partial charge in [-0.15, -0.1) is 17.9 Å². The van der Waals surface area contributed by atoms with Crippen LogP contribution in [0.25, 0.3) is 37.4 Å². The number of fused-ring (bicyclic) bond motifs is 4. The highest BCUT2D eigenvalue weighted by Gasteiger charge is 2.35. The Hall–Kier alpha value is -2.61. The van der Waals surface area contributed by atoms with Gasteiger partial charge in [0, 0.05) is 31.0 Å². The van der Waals surface area contributed by atoms with Crippen molar-refractivity contribution in [2.75, 3.05) is 0 Å². The second-order valence-corrected chi connectivity index (χ2v) is 12.7. The van der Waals surface area contributed by atoms with E-state index in [1.807, 2.05) is 32.1 Å². The van der Waals surface area contributed by atoms with Gasteiger partial charge in [0.05, 0.1) is 0 Å². The minimum Gasteiger partial charge on any atom is -0.139 e. The molecule has 0 saturated carbocycles. The summed E-state index contributed by atoms with van der Waals surface area (Å²) in [5.74, 6) is 0.499. The molecule has 1 aliphatic rings. The standard InChI is InChI=1S/C31H31ClS.C4H10.C3H6.C2H6/c1-6-10-27(32)29-24-17-20(14-16-28(24)33-30(29)19(3)7-2)21-13-15-23-22-11-8-9-12-25(22)31(4,5)26(23)18-21;1-3-4-2;1-3-2;1-2/h8-19H,6-7H2,1-5H3;3-4H2,1-2H3;3H,1H2,2H3;1-2H3/b27-10-;;;. The maximum Gasteiger partial charge on any atom is 0.0455 e. The van der Waals surface area contributed by atoms with Crippen LogP contribution in [0.4, 0.5) is 0 Å². The summed E-state index contributed by atoms with van der Waals surface area (Å²) in [6.45, 7) is 25.0. The molecule has 2 heteroatoms. The fourth-order valence-electron chi connectivity index (χ4n) is 5.24. The molecule has 3 aromatic carbocycles. The SMILES string of the molecule is C=CC.CC.CC/C=C(\Cl)c1c(C(C)CC)sc2ccc(-c3ccc4c(c3)C(C)(C)c3ccccc3-4)cc12.CCCC. The summed E-state index contributed by atoms with van der Waals surface area (Å²) in [7, 11) is 0. The van der Waals surface area contributed by atoms with Crippen LogP contribution in [0, 0.1) is 0 Å². The van der Waals surface area contributed by atoms with Crippen molar-refractivity contribution in [3.8, 4) is 22.3 Å². The summed E-state index contributed by atoms with van der Waals surface area (Å²) in [5, 5.41) is 2.17. The molecule has 0 nitrogen and oxygen atoms in total. The van der Waals surface area contributed by atoms with Gasteiger partial charge in [-0.3, -0.25) is 0 Å². The van der Waals surface area contributed by atoms with E-state index in [9.17, 15) is 0 Å². The molecule has 4 aromatic rings. The van der Waals surface area contributed by atoms with Crippen LogP contribution in [-0.4, -0.2) is 0 Å². The van der Waals surface area contributed by atoms with Crippen molar-refractivity contribution in [1.82, 2.24) is 0 Å². The highest BCUT2D eigenvalue weighted by atomic mass is 35.5. The van der Waals surface area contributed by atoms with Crippen LogP contribution in [0.2, 0.25) is 0 Å². The van der Waals surface area contributed by atoms with Crippen molar-refractivity contribution in [1.29, 1.82) is 0 Å². The minimum atomic E-state index is 0.0104. The molecular formula is C40H53ClS. The number of hydrogen-bond acceptors (Lipinski definition) is 1. The van der Waals surface area contributed by atoms with Crippen molar-refractivity contribution >= 4 is 38.1 Å². The van der Waals surface area contributed by atoms with Crippen molar-refractivity contribution in [2.45, 2.75) is 106 Å². The number of hydrogen-bond donors (Lipinski definition) is 0. The lowest BCUT2D eigenvalue weighted by atomic mass is 9.81. The molecule has 1 unspecified atom stereocenters. The van der Waals surface area contributed by atoms with E-state index in [-0.39, 0.29) is 5.41 Å². The number of halogens is 1. The van der Waals surface area contributed by atoms with Crippen LogP contribution in [0.15, 0.2) is 79.4 Å². The smallest absolute Gasteiger partial charge is 0.0455 e. The Morgan fingerprint density at radius 1 is 0.881 bits per heavy atom. The second-order valence-electron chi connectivity index (χ2n) is 11.2. The Kier molecular flexibility index (Phi) is 14.3. The summed E-state index contributed by atoms with van der Waals surface area (Å²) in [5.41, 5.74) is 9.35. The third-order valence-corrected chi connectivity index (χ3v) is 9.56. The fourth-order valence-corrected chi connectivity index (χ4v) is 6.99. The predicted molar refractivity (Wildman–Crippen MR) is 195 cm³/mol. The van der Waals surface area contributed by atoms with E-state index in [0.717, 1.165) is 17.9 Å². The summed E-state index contributed by atoms with van der Waals surface area (Å²) in [4.78, 5) is 1.41. The van der Waals surface area contributed by atoms with E-state index in [4.69, 9.17) is 11.6 Å². The van der Waals surface area contributed by atoms with Crippen LogP contribution in [0.5, 0.6) is 0 Å². The molecule has 1 aromatic heterocycles. The van der Waals surface area contributed by atoms with E-state index in [0.29, 0.717) is 5.92 Å². The molecule has 0 saturated heterocycles. The molecule has 0 aliphatic heterocycles. The molecule has 0 N–H and O–H groups in total. The Bertz CT molecular complexity index is 1460. The second kappa shape index (κ2) is 16.9. The van der Waals surface area contributed by atoms with E-state index in [2.05, 4.69) is 122 Å².